The SMILES string of the molecule is CCO[C@@]12O[C@H]3O[C@H]4O[C@@](c5ccccc5)(O1)[C@@H]1[C@H]4C[C@H]3[C@@H]12. The fourth-order valence-corrected chi connectivity index (χ4v) is 5.50. The van der Waals surface area contributed by atoms with E-state index in [1.807, 2.05) is 25.1 Å². The van der Waals surface area contributed by atoms with Gasteiger partial charge in [0, 0.05) is 29.9 Å². The molecular weight excluding hydrogens is 284 g/mol. The Morgan fingerprint density at radius 1 is 1.09 bits per heavy atom. The molecule has 116 valence electrons. The minimum Gasteiger partial charge on any atom is -0.327 e. The van der Waals surface area contributed by atoms with Gasteiger partial charge in [-0.3, -0.25) is 9.47 Å². The minimum atomic E-state index is -1.01. The predicted octanol–water partition coefficient (Wildman–Crippen LogP) is 2.17. The molecule has 4 heterocycles. The van der Waals surface area contributed by atoms with Crippen LogP contribution in [0.4, 0.5) is 0 Å². The second kappa shape index (κ2) is 3.74. The predicted molar refractivity (Wildman–Crippen MR) is 73.0 cm³/mol. The lowest BCUT2D eigenvalue weighted by Gasteiger charge is -2.38. The smallest absolute Gasteiger partial charge is 0.291 e. The van der Waals surface area contributed by atoms with Gasteiger partial charge in [-0.25, -0.2) is 0 Å². The molecule has 1 aliphatic carbocycles. The number of benzene rings is 1. The molecule has 5 fully saturated rings. The van der Waals surface area contributed by atoms with Crippen molar-refractivity contribution >= 4 is 0 Å². The summed E-state index contributed by atoms with van der Waals surface area (Å²) in [5, 5.41) is 0. The normalized spacial score (nSPS) is 56.2. The largest absolute Gasteiger partial charge is 0.327 e. The summed E-state index contributed by atoms with van der Waals surface area (Å²) in [7, 11) is 0. The molecule has 1 aromatic carbocycles. The van der Waals surface area contributed by atoms with Crippen molar-refractivity contribution in [2.75, 3.05) is 6.61 Å². The Balaban J connectivity index is 1.57. The van der Waals surface area contributed by atoms with E-state index in [1.165, 1.54) is 0 Å². The summed E-state index contributed by atoms with van der Waals surface area (Å²) >= 11 is 0. The fourth-order valence-electron chi connectivity index (χ4n) is 5.50. The molecule has 4 aliphatic heterocycles. The number of hydrogen-bond donors (Lipinski definition) is 0. The van der Waals surface area contributed by atoms with Crippen LogP contribution in [-0.2, 0) is 29.5 Å². The Hall–Kier alpha value is -0.980. The third kappa shape index (κ3) is 1.16. The van der Waals surface area contributed by atoms with E-state index in [4.69, 9.17) is 23.7 Å². The summed E-state index contributed by atoms with van der Waals surface area (Å²) in [5.41, 5.74) is 1.03. The Labute approximate surface area is 128 Å². The molecule has 0 radical (unpaired) electrons. The van der Waals surface area contributed by atoms with Crippen LogP contribution in [0.15, 0.2) is 30.3 Å². The second-order valence-corrected chi connectivity index (χ2v) is 6.90. The van der Waals surface area contributed by atoms with Gasteiger partial charge in [0.15, 0.2) is 12.6 Å². The molecule has 5 heteroatoms. The quantitative estimate of drug-likeness (QED) is 0.856. The first-order valence-electron chi connectivity index (χ1n) is 8.18. The van der Waals surface area contributed by atoms with E-state index in [2.05, 4.69) is 12.1 Å². The van der Waals surface area contributed by atoms with Crippen LogP contribution < -0.4 is 0 Å². The lowest BCUT2D eigenvalue weighted by molar-refractivity contribution is -0.474. The van der Waals surface area contributed by atoms with Crippen molar-refractivity contribution in [2.45, 2.75) is 37.7 Å². The second-order valence-electron chi connectivity index (χ2n) is 6.90. The van der Waals surface area contributed by atoms with Crippen molar-refractivity contribution < 1.29 is 23.7 Å². The van der Waals surface area contributed by atoms with Crippen LogP contribution in [0.3, 0.4) is 0 Å². The topological polar surface area (TPSA) is 46.2 Å². The van der Waals surface area contributed by atoms with Crippen LogP contribution in [0.2, 0.25) is 0 Å². The van der Waals surface area contributed by atoms with Crippen LogP contribution >= 0.6 is 0 Å². The summed E-state index contributed by atoms with van der Waals surface area (Å²) in [6, 6.07) is 10.2. The zero-order valence-corrected chi connectivity index (χ0v) is 12.3. The molecule has 1 aromatic rings. The van der Waals surface area contributed by atoms with Crippen molar-refractivity contribution in [1.29, 1.82) is 0 Å². The van der Waals surface area contributed by atoms with Crippen molar-refractivity contribution in [2.24, 2.45) is 23.7 Å². The highest BCUT2D eigenvalue weighted by Gasteiger charge is 2.84. The molecule has 2 bridgehead atoms. The monoisotopic (exact) mass is 302 g/mol. The molecule has 5 aliphatic rings. The van der Waals surface area contributed by atoms with Crippen molar-refractivity contribution in [1.82, 2.24) is 0 Å². The van der Waals surface area contributed by atoms with Gasteiger partial charge >= 0.3 is 0 Å². The van der Waals surface area contributed by atoms with Gasteiger partial charge in [0.05, 0.1) is 5.92 Å². The Morgan fingerprint density at radius 2 is 1.86 bits per heavy atom. The highest BCUT2D eigenvalue weighted by molar-refractivity contribution is 5.29. The summed E-state index contributed by atoms with van der Waals surface area (Å²) < 4.78 is 31.0. The third-order valence-electron chi connectivity index (χ3n) is 6.06. The minimum absolute atomic E-state index is 0.190. The lowest BCUT2D eigenvalue weighted by Crippen LogP contribution is -2.45. The molecule has 0 spiro atoms. The average molecular weight is 302 g/mol. The van der Waals surface area contributed by atoms with E-state index >= 15 is 0 Å². The van der Waals surface area contributed by atoms with Crippen LogP contribution in [0.25, 0.3) is 0 Å². The van der Waals surface area contributed by atoms with Gasteiger partial charge in [-0.15, -0.1) is 0 Å². The molecule has 8 atom stereocenters. The van der Waals surface area contributed by atoms with Crippen LogP contribution in [0, 0.1) is 23.7 Å². The molecule has 5 nitrogen and oxygen atoms in total. The summed E-state index contributed by atoms with van der Waals surface area (Å²) in [4.78, 5) is 0. The van der Waals surface area contributed by atoms with Crippen LogP contribution in [0.1, 0.15) is 18.9 Å². The van der Waals surface area contributed by atoms with Gasteiger partial charge in [-0.05, 0) is 13.3 Å². The summed E-state index contributed by atoms with van der Waals surface area (Å²) in [5.74, 6) is -0.648. The standard InChI is InChI=1S/C17H18O5/c1-2-18-17-13-11-8-10-12(13)16(22-17,9-6-4-3-5-7-9)20-14(10)19-15(11)21-17/h3-7,10-15H,2,8H2,1H3/t10-,11+,12-,13+,14+,15-,16+,17+/m1/s1. The van der Waals surface area contributed by atoms with Crippen molar-refractivity contribution in [3.8, 4) is 0 Å². The highest BCUT2D eigenvalue weighted by atomic mass is 17.0. The van der Waals surface area contributed by atoms with Crippen LogP contribution in [0.5, 0.6) is 0 Å². The zero-order valence-electron chi connectivity index (χ0n) is 12.3. The first kappa shape index (κ1) is 12.4. The first-order valence-corrected chi connectivity index (χ1v) is 8.18. The fraction of sp³-hybridized carbons (Fsp3) is 0.647. The van der Waals surface area contributed by atoms with Gasteiger partial charge in [0.25, 0.3) is 5.97 Å². The lowest BCUT2D eigenvalue weighted by atomic mass is 9.82. The molecular formula is C17H18O5. The van der Waals surface area contributed by atoms with Gasteiger partial charge < -0.3 is 14.2 Å². The molecule has 0 amide bonds. The summed E-state index contributed by atoms with van der Waals surface area (Å²) in [6.45, 7) is 2.51. The third-order valence-corrected chi connectivity index (χ3v) is 6.06. The van der Waals surface area contributed by atoms with E-state index in [1.54, 1.807) is 0 Å². The highest BCUT2D eigenvalue weighted by Crippen LogP contribution is 2.74. The Bertz CT molecular complexity index is 635. The van der Waals surface area contributed by atoms with E-state index in [0.717, 1.165) is 12.0 Å². The Morgan fingerprint density at radius 3 is 2.68 bits per heavy atom. The van der Waals surface area contributed by atoms with E-state index in [0.29, 0.717) is 18.4 Å². The average Bonchev–Trinajstić information content (AvgIpc) is 3.17. The number of rotatable bonds is 3. The van der Waals surface area contributed by atoms with Crippen LogP contribution in [-0.4, -0.2) is 25.2 Å². The molecule has 4 saturated heterocycles. The molecule has 0 unspecified atom stereocenters. The number of ether oxygens (including phenoxy) is 5. The maximum Gasteiger partial charge on any atom is 0.291 e. The van der Waals surface area contributed by atoms with Crippen molar-refractivity contribution in [3.63, 3.8) is 0 Å². The van der Waals surface area contributed by atoms with Crippen molar-refractivity contribution in [3.05, 3.63) is 35.9 Å². The molecule has 22 heavy (non-hydrogen) atoms. The van der Waals surface area contributed by atoms with E-state index < -0.39 is 11.8 Å². The molecule has 6 rings (SSSR count). The van der Waals surface area contributed by atoms with Gasteiger partial charge in [-0.1, -0.05) is 30.3 Å². The molecule has 1 saturated carbocycles. The van der Waals surface area contributed by atoms with Gasteiger partial charge in [0.1, 0.15) is 0 Å². The summed E-state index contributed by atoms with van der Waals surface area (Å²) in [6.07, 6.45) is 0.602. The van der Waals surface area contributed by atoms with Gasteiger partial charge in [-0.2, -0.15) is 0 Å². The maximum atomic E-state index is 6.47. The Kier molecular flexibility index (Phi) is 2.11. The molecule has 0 N–H and O–H groups in total. The molecule has 0 aromatic heterocycles. The first-order chi connectivity index (χ1) is 10.8. The van der Waals surface area contributed by atoms with E-state index in [9.17, 15) is 0 Å². The van der Waals surface area contributed by atoms with E-state index in [-0.39, 0.29) is 24.4 Å². The zero-order chi connectivity index (χ0) is 14.5. The van der Waals surface area contributed by atoms with Gasteiger partial charge in [0.2, 0.25) is 5.79 Å². The number of hydrogen-bond acceptors (Lipinski definition) is 5. The maximum absolute atomic E-state index is 6.47.